The molecule has 1 aromatic rings. The standard InChI is InChI=1S/C15H22/c1-2-3-4-5-6-7-9-12-15-13-10-8-11-14-15/h4-5,8,10-11,13-14H,2-3,6-7,9,12H2,1H3/b5-4+. The van der Waals surface area contributed by atoms with E-state index in [0.29, 0.717) is 0 Å². The summed E-state index contributed by atoms with van der Waals surface area (Å²) in [6, 6.07) is 10.8. The van der Waals surface area contributed by atoms with Crippen molar-refractivity contribution < 1.29 is 0 Å². The quantitative estimate of drug-likeness (QED) is 0.442. The molecule has 0 unspecified atom stereocenters. The second-order valence-electron chi connectivity index (χ2n) is 3.99. The van der Waals surface area contributed by atoms with Crippen molar-refractivity contribution in [2.24, 2.45) is 0 Å². The predicted octanol–water partition coefficient (Wildman–Crippen LogP) is 4.76. The maximum Gasteiger partial charge on any atom is -0.0279 e. The van der Waals surface area contributed by atoms with Gasteiger partial charge in [0, 0.05) is 0 Å². The van der Waals surface area contributed by atoms with Gasteiger partial charge >= 0.3 is 0 Å². The highest BCUT2D eigenvalue weighted by molar-refractivity contribution is 5.14. The van der Waals surface area contributed by atoms with Gasteiger partial charge in [-0.1, -0.05) is 55.8 Å². The van der Waals surface area contributed by atoms with Crippen molar-refractivity contribution in [3.05, 3.63) is 48.0 Å². The number of allylic oxidation sites excluding steroid dienone is 2. The van der Waals surface area contributed by atoms with Crippen LogP contribution in [0.1, 0.15) is 44.6 Å². The third-order valence-corrected chi connectivity index (χ3v) is 2.55. The lowest BCUT2D eigenvalue weighted by Gasteiger charge is -1.99. The third kappa shape index (κ3) is 6.11. The monoisotopic (exact) mass is 202 g/mol. The van der Waals surface area contributed by atoms with Crippen LogP contribution in [0, 0.1) is 0 Å². The average molecular weight is 202 g/mol. The molecule has 0 bridgehead atoms. The zero-order chi connectivity index (χ0) is 10.8. The molecular weight excluding hydrogens is 180 g/mol. The van der Waals surface area contributed by atoms with Crippen LogP contribution >= 0.6 is 0 Å². The van der Waals surface area contributed by atoms with Crippen LogP contribution in [0.25, 0.3) is 0 Å². The van der Waals surface area contributed by atoms with Crippen molar-refractivity contribution in [1.29, 1.82) is 0 Å². The van der Waals surface area contributed by atoms with Crippen LogP contribution in [0.4, 0.5) is 0 Å². The lowest BCUT2D eigenvalue weighted by atomic mass is 10.1. The van der Waals surface area contributed by atoms with E-state index in [4.69, 9.17) is 0 Å². The van der Waals surface area contributed by atoms with Gasteiger partial charge in [0.15, 0.2) is 0 Å². The van der Waals surface area contributed by atoms with E-state index in [2.05, 4.69) is 49.4 Å². The third-order valence-electron chi connectivity index (χ3n) is 2.55. The van der Waals surface area contributed by atoms with Crippen LogP contribution in [0.2, 0.25) is 0 Å². The Kier molecular flexibility index (Phi) is 6.64. The number of hydrogen-bond donors (Lipinski definition) is 0. The summed E-state index contributed by atoms with van der Waals surface area (Å²) in [5.74, 6) is 0. The van der Waals surface area contributed by atoms with Gasteiger partial charge in [-0.3, -0.25) is 0 Å². The molecule has 0 radical (unpaired) electrons. The molecular formula is C15H22. The molecule has 0 amide bonds. The maximum atomic E-state index is 2.33. The van der Waals surface area contributed by atoms with Crippen LogP contribution < -0.4 is 0 Å². The number of rotatable bonds is 7. The first-order chi connectivity index (χ1) is 7.43. The lowest BCUT2D eigenvalue weighted by molar-refractivity contribution is 0.745. The van der Waals surface area contributed by atoms with E-state index in [-0.39, 0.29) is 0 Å². The molecule has 0 saturated carbocycles. The van der Waals surface area contributed by atoms with Gasteiger partial charge in [-0.2, -0.15) is 0 Å². The van der Waals surface area contributed by atoms with Gasteiger partial charge in [-0.05, 0) is 37.7 Å². The van der Waals surface area contributed by atoms with Gasteiger partial charge in [0.1, 0.15) is 0 Å². The average Bonchev–Trinajstić information content (AvgIpc) is 2.29. The summed E-state index contributed by atoms with van der Waals surface area (Å²) < 4.78 is 0. The summed E-state index contributed by atoms with van der Waals surface area (Å²) in [7, 11) is 0. The molecule has 0 saturated heterocycles. The molecule has 0 aliphatic rings. The van der Waals surface area contributed by atoms with Crippen molar-refractivity contribution in [3.8, 4) is 0 Å². The second-order valence-corrected chi connectivity index (χ2v) is 3.99. The zero-order valence-electron chi connectivity index (χ0n) is 9.78. The highest BCUT2D eigenvalue weighted by Crippen LogP contribution is 2.06. The van der Waals surface area contributed by atoms with Crippen LogP contribution in [-0.2, 0) is 6.42 Å². The van der Waals surface area contributed by atoms with Crippen molar-refractivity contribution in [1.82, 2.24) is 0 Å². The Hall–Kier alpha value is -1.04. The van der Waals surface area contributed by atoms with Gasteiger partial charge in [-0.15, -0.1) is 0 Å². The van der Waals surface area contributed by atoms with E-state index in [1.165, 1.54) is 44.1 Å². The van der Waals surface area contributed by atoms with Gasteiger partial charge in [0.25, 0.3) is 0 Å². The van der Waals surface area contributed by atoms with Crippen LogP contribution in [0.3, 0.4) is 0 Å². The number of aryl methyl sites for hydroxylation is 1. The van der Waals surface area contributed by atoms with Crippen LogP contribution in [0.15, 0.2) is 42.5 Å². The first kappa shape index (κ1) is 12.0. The number of hydrogen-bond acceptors (Lipinski definition) is 0. The molecule has 0 atom stereocenters. The van der Waals surface area contributed by atoms with E-state index in [0.717, 1.165) is 0 Å². The molecule has 0 spiro atoms. The highest BCUT2D eigenvalue weighted by Gasteiger charge is 1.90. The van der Waals surface area contributed by atoms with Crippen molar-refractivity contribution in [2.75, 3.05) is 0 Å². The number of benzene rings is 1. The molecule has 0 aliphatic heterocycles. The summed E-state index contributed by atoms with van der Waals surface area (Å²) in [4.78, 5) is 0. The number of unbranched alkanes of at least 4 members (excludes halogenated alkanes) is 3. The van der Waals surface area contributed by atoms with Crippen molar-refractivity contribution >= 4 is 0 Å². The van der Waals surface area contributed by atoms with E-state index >= 15 is 0 Å². The Bertz CT molecular complexity index is 259. The van der Waals surface area contributed by atoms with E-state index in [1.807, 2.05) is 0 Å². The molecule has 0 nitrogen and oxygen atoms in total. The smallest absolute Gasteiger partial charge is 0.0279 e. The molecule has 15 heavy (non-hydrogen) atoms. The fourth-order valence-corrected chi connectivity index (χ4v) is 1.64. The molecule has 0 aromatic heterocycles. The van der Waals surface area contributed by atoms with Crippen molar-refractivity contribution in [2.45, 2.75) is 45.4 Å². The first-order valence-electron chi connectivity index (χ1n) is 6.12. The van der Waals surface area contributed by atoms with E-state index in [1.54, 1.807) is 0 Å². The molecule has 82 valence electrons. The largest absolute Gasteiger partial charge is 0.0885 e. The SMILES string of the molecule is CCC/C=C/CCCCc1ccccc1. The molecule has 1 rings (SSSR count). The Labute approximate surface area is 94.0 Å². The second kappa shape index (κ2) is 8.28. The summed E-state index contributed by atoms with van der Waals surface area (Å²) in [6.45, 7) is 2.22. The molecule has 1 aromatic carbocycles. The first-order valence-corrected chi connectivity index (χ1v) is 6.12. The van der Waals surface area contributed by atoms with Crippen LogP contribution in [-0.4, -0.2) is 0 Å². The van der Waals surface area contributed by atoms with Gasteiger partial charge in [0.2, 0.25) is 0 Å². The minimum Gasteiger partial charge on any atom is -0.0885 e. The van der Waals surface area contributed by atoms with Gasteiger partial charge < -0.3 is 0 Å². The van der Waals surface area contributed by atoms with Gasteiger partial charge in [0.05, 0.1) is 0 Å². The molecule has 0 heterocycles. The van der Waals surface area contributed by atoms with Gasteiger partial charge in [-0.25, -0.2) is 0 Å². The normalized spacial score (nSPS) is 11.0. The summed E-state index contributed by atoms with van der Waals surface area (Å²) in [6.07, 6.45) is 12.2. The zero-order valence-corrected chi connectivity index (χ0v) is 9.78. The predicted molar refractivity (Wildman–Crippen MR) is 68.0 cm³/mol. The minimum atomic E-state index is 1.22. The fraction of sp³-hybridized carbons (Fsp3) is 0.467. The highest BCUT2D eigenvalue weighted by atomic mass is 14.0. The summed E-state index contributed by atoms with van der Waals surface area (Å²) in [5.41, 5.74) is 1.47. The maximum absolute atomic E-state index is 2.33. The van der Waals surface area contributed by atoms with Crippen LogP contribution in [0.5, 0.6) is 0 Å². The lowest BCUT2D eigenvalue weighted by Crippen LogP contribution is -1.83. The Morgan fingerprint density at radius 3 is 2.40 bits per heavy atom. The molecule has 0 aliphatic carbocycles. The molecule has 0 fully saturated rings. The topological polar surface area (TPSA) is 0 Å². The fourth-order valence-electron chi connectivity index (χ4n) is 1.64. The molecule has 0 N–H and O–H groups in total. The van der Waals surface area contributed by atoms with Crippen molar-refractivity contribution in [3.63, 3.8) is 0 Å². The Morgan fingerprint density at radius 1 is 0.933 bits per heavy atom. The Balaban J connectivity index is 2.02. The van der Waals surface area contributed by atoms with E-state index in [9.17, 15) is 0 Å². The minimum absolute atomic E-state index is 1.22. The summed E-state index contributed by atoms with van der Waals surface area (Å²) >= 11 is 0. The van der Waals surface area contributed by atoms with E-state index < -0.39 is 0 Å². The molecule has 0 heteroatoms. The Morgan fingerprint density at radius 2 is 1.67 bits per heavy atom. The summed E-state index contributed by atoms with van der Waals surface area (Å²) in [5, 5.41) is 0.